The van der Waals surface area contributed by atoms with Crippen molar-refractivity contribution < 1.29 is 9.47 Å². The van der Waals surface area contributed by atoms with Gasteiger partial charge in [-0.25, -0.2) is 4.98 Å². The topological polar surface area (TPSA) is 31.4 Å². The summed E-state index contributed by atoms with van der Waals surface area (Å²) in [6.07, 6.45) is 3.96. The maximum absolute atomic E-state index is 7.06. The van der Waals surface area contributed by atoms with Crippen LogP contribution < -0.4 is 25.9 Å². The Labute approximate surface area is 279 Å². The number of benzene rings is 4. The number of rotatable bonds is 2. The monoisotopic (exact) mass is 615 g/mol. The minimum absolute atomic E-state index is 0.00340. The molecule has 5 aromatic rings. The van der Waals surface area contributed by atoms with Gasteiger partial charge in [0.15, 0.2) is 0 Å². The Morgan fingerprint density at radius 1 is 0.553 bits per heavy atom. The van der Waals surface area contributed by atoms with Gasteiger partial charge in [-0.3, -0.25) is 0 Å². The molecule has 0 fully saturated rings. The number of ether oxygens (including phenoxy) is 2. The molecule has 1 aromatic heterocycles. The summed E-state index contributed by atoms with van der Waals surface area (Å²) >= 11 is 0. The van der Waals surface area contributed by atoms with Crippen LogP contribution in [0.2, 0.25) is 0 Å². The van der Waals surface area contributed by atoms with Gasteiger partial charge in [-0.05, 0) is 84.9 Å². The summed E-state index contributed by atoms with van der Waals surface area (Å²) in [5.74, 6) is 3.54. The van der Waals surface area contributed by atoms with Crippen LogP contribution in [0.3, 0.4) is 0 Å². The van der Waals surface area contributed by atoms with Crippen LogP contribution in [0, 0.1) is 0 Å². The smallest absolute Gasteiger partial charge is 0.262 e. The van der Waals surface area contributed by atoms with Gasteiger partial charge in [0.25, 0.3) is 6.71 Å². The lowest BCUT2D eigenvalue weighted by Gasteiger charge is -2.37. The molecule has 0 atom stereocenters. The van der Waals surface area contributed by atoms with Crippen LogP contribution in [-0.2, 0) is 21.7 Å². The summed E-state index contributed by atoms with van der Waals surface area (Å²) in [7, 11) is 0. The van der Waals surface area contributed by atoms with E-state index in [9.17, 15) is 0 Å². The highest BCUT2D eigenvalue weighted by atomic mass is 16.5. The third kappa shape index (κ3) is 3.91. The summed E-state index contributed by atoms with van der Waals surface area (Å²) in [6, 6.07) is 28.8. The maximum atomic E-state index is 7.06. The first kappa shape index (κ1) is 28.9. The van der Waals surface area contributed by atoms with E-state index < -0.39 is 0 Å². The van der Waals surface area contributed by atoms with E-state index in [1.54, 1.807) is 0 Å². The van der Waals surface area contributed by atoms with Crippen molar-refractivity contribution in [1.29, 1.82) is 0 Å². The summed E-state index contributed by atoms with van der Waals surface area (Å²) in [4.78, 5) is 4.88. The molecule has 4 heteroatoms. The standard InChI is InChI=1S/C43H42BNO2/c1-40(2)23-42(5,6)34-32(40)27(25-15-11-9-12-16-25)21-29-37(34)46-31-19-20-45-39-36(31)44(29)30-22-28(26-17-13-10-14-18-26)33-35(38(30)47-39)43(7,8)24-41(33,3)4/h9-22H,23-24H2,1-8H3. The molecule has 0 spiro atoms. The minimum atomic E-state index is -0.0734. The zero-order valence-electron chi connectivity index (χ0n) is 28.8. The van der Waals surface area contributed by atoms with Crippen LogP contribution in [0.15, 0.2) is 85.1 Å². The van der Waals surface area contributed by atoms with Crippen LogP contribution in [0.5, 0.6) is 23.1 Å². The second kappa shape index (κ2) is 9.19. The largest absolute Gasteiger partial charge is 0.458 e. The zero-order chi connectivity index (χ0) is 32.7. The van der Waals surface area contributed by atoms with Gasteiger partial charge in [0.1, 0.15) is 17.2 Å². The van der Waals surface area contributed by atoms with Crippen LogP contribution in [0.4, 0.5) is 0 Å². The van der Waals surface area contributed by atoms with Gasteiger partial charge in [0.2, 0.25) is 5.88 Å². The lowest BCUT2D eigenvalue weighted by Crippen LogP contribution is -2.58. The number of hydrogen-bond donors (Lipinski definition) is 0. The Morgan fingerprint density at radius 3 is 1.49 bits per heavy atom. The second-order valence-electron chi connectivity index (χ2n) is 17.0. The predicted molar refractivity (Wildman–Crippen MR) is 194 cm³/mol. The molecule has 3 heterocycles. The van der Waals surface area contributed by atoms with Crippen LogP contribution >= 0.6 is 0 Å². The summed E-state index contributed by atoms with van der Waals surface area (Å²) in [5, 5.41) is 0. The Balaban J connectivity index is 1.42. The van der Waals surface area contributed by atoms with E-state index in [0.717, 1.165) is 35.6 Å². The second-order valence-corrected chi connectivity index (χ2v) is 17.0. The molecule has 0 saturated carbocycles. The summed E-state index contributed by atoms with van der Waals surface area (Å²) in [5.41, 5.74) is 13.9. The predicted octanol–water partition coefficient (Wildman–Crippen LogP) is 9.06. The van der Waals surface area contributed by atoms with E-state index in [-0.39, 0.29) is 28.4 Å². The normalized spacial score (nSPS) is 19.4. The van der Waals surface area contributed by atoms with Gasteiger partial charge in [-0.15, -0.1) is 0 Å². The molecule has 0 N–H and O–H groups in total. The third-order valence-electron chi connectivity index (χ3n) is 11.5. The highest BCUT2D eigenvalue weighted by Crippen LogP contribution is 2.59. The molecule has 0 bridgehead atoms. The average molecular weight is 616 g/mol. The van der Waals surface area contributed by atoms with Crippen molar-refractivity contribution >= 4 is 23.1 Å². The van der Waals surface area contributed by atoms with Gasteiger partial charge >= 0.3 is 0 Å². The van der Waals surface area contributed by atoms with Gasteiger partial charge in [-0.1, -0.05) is 128 Å². The fourth-order valence-corrected chi connectivity index (χ4v) is 10.5. The van der Waals surface area contributed by atoms with Gasteiger partial charge in [-0.2, -0.15) is 0 Å². The highest BCUT2D eigenvalue weighted by Gasteiger charge is 2.53. The summed E-state index contributed by atoms with van der Waals surface area (Å²) in [6.45, 7) is 19.1. The molecular formula is C43H42BNO2. The molecule has 9 rings (SSSR count). The third-order valence-corrected chi connectivity index (χ3v) is 11.5. The van der Waals surface area contributed by atoms with Crippen LogP contribution in [-0.4, -0.2) is 11.7 Å². The van der Waals surface area contributed by atoms with Gasteiger partial charge < -0.3 is 9.47 Å². The van der Waals surface area contributed by atoms with Gasteiger partial charge in [0.05, 0.1) is 0 Å². The van der Waals surface area contributed by atoms with Crippen molar-refractivity contribution in [2.75, 3.05) is 0 Å². The van der Waals surface area contributed by atoms with Crippen molar-refractivity contribution in [2.45, 2.75) is 89.9 Å². The maximum Gasteiger partial charge on any atom is 0.262 e. The van der Waals surface area contributed by atoms with E-state index in [1.807, 2.05) is 12.3 Å². The van der Waals surface area contributed by atoms with Crippen molar-refractivity contribution in [2.24, 2.45) is 0 Å². The number of aromatic nitrogens is 1. The molecule has 0 amide bonds. The van der Waals surface area contributed by atoms with E-state index in [1.165, 1.54) is 55.4 Å². The van der Waals surface area contributed by atoms with Crippen molar-refractivity contribution in [3.05, 3.63) is 107 Å². The first-order valence-corrected chi connectivity index (χ1v) is 17.2. The Morgan fingerprint density at radius 2 is 1.00 bits per heavy atom. The molecule has 2 aliphatic heterocycles. The lowest BCUT2D eigenvalue weighted by atomic mass is 9.34. The number of pyridine rings is 1. The minimum Gasteiger partial charge on any atom is -0.458 e. The Hall–Kier alpha value is -4.31. The fraction of sp³-hybridized carbons (Fsp3) is 0.326. The number of fused-ring (bicyclic) bond motifs is 8. The van der Waals surface area contributed by atoms with E-state index in [4.69, 9.17) is 14.5 Å². The van der Waals surface area contributed by atoms with Crippen LogP contribution in [0.1, 0.15) is 90.5 Å². The zero-order valence-corrected chi connectivity index (χ0v) is 28.8. The van der Waals surface area contributed by atoms with Crippen molar-refractivity contribution in [1.82, 2.24) is 4.98 Å². The Bertz CT molecular complexity index is 1990. The van der Waals surface area contributed by atoms with E-state index in [2.05, 4.69) is 128 Å². The van der Waals surface area contributed by atoms with Crippen molar-refractivity contribution in [3.63, 3.8) is 0 Å². The summed E-state index contributed by atoms with van der Waals surface area (Å²) < 4.78 is 14.1. The molecule has 0 radical (unpaired) electrons. The quantitative estimate of drug-likeness (QED) is 0.182. The van der Waals surface area contributed by atoms with Gasteiger partial charge in [0, 0.05) is 22.8 Å². The molecule has 0 saturated heterocycles. The molecule has 4 aromatic carbocycles. The highest BCUT2D eigenvalue weighted by molar-refractivity contribution is 6.98. The molecular weight excluding hydrogens is 573 g/mol. The van der Waals surface area contributed by atoms with Crippen LogP contribution in [0.25, 0.3) is 22.3 Å². The van der Waals surface area contributed by atoms with E-state index >= 15 is 0 Å². The first-order valence-electron chi connectivity index (χ1n) is 17.2. The molecule has 0 unspecified atom stereocenters. The van der Waals surface area contributed by atoms with Crippen molar-refractivity contribution in [3.8, 4) is 45.4 Å². The SMILES string of the molecule is CC1(C)CC(C)(C)c2c3c(cc(-c4ccccc4)c21)B1c2cc(-c4ccccc4)c4c(c2Oc2nccc(c21)O3)C(C)(C)CC4(C)C. The molecule has 2 aliphatic carbocycles. The fourth-order valence-electron chi connectivity index (χ4n) is 10.5. The molecule has 3 nitrogen and oxygen atoms in total. The molecule has 234 valence electrons. The molecule has 47 heavy (non-hydrogen) atoms. The number of hydrogen-bond acceptors (Lipinski definition) is 3. The van der Waals surface area contributed by atoms with E-state index in [0.29, 0.717) is 5.88 Å². The average Bonchev–Trinajstić information content (AvgIpc) is 3.36. The number of nitrogens with zero attached hydrogens (tertiary/aromatic N) is 1. The lowest BCUT2D eigenvalue weighted by molar-refractivity contribution is 0.390. The Kier molecular flexibility index (Phi) is 5.65. The molecule has 4 aliphatic rings. The first-order chi connectivity index (χ1) is 22.3.